The average molecular weight is 434 g/mol. The molecule has 0 spiro atoms. The van der Waals surface area contributed by atoms with Gasteiger partial charge < -0.3 is 9.47 Å². The highest BCUT2D eigenvalue weighted by Crippen LogP contribution is 2.36. The highest BCUT2D eigenvalue weighted by atomic mass is 19.4. The number of hydrogen-bond donors (Lipinski definition) is 0. The van der Waals surface area contributed by atoms with Gasteiger partial charge >= 0.3 is 6.18 Å². The lowest BCUT2D eigenvalue weighted by molar-refractivity contribution is -0.142. The Labute approximate surface area is 178 Å². The number of hydrogen-bond acceptors (Lipinski definition) is 5. The summed E-state index contributed by atoms with van der Waals surface area (Å²) in [6.07, 6.45) is -2.72. The molecule has 2 aromatic heterocycles. The molecule has 6 nitrogen and oxygen atoms in total. The molecule has 0 unspecified atom stereocenters. The molecule has 0 radical (unpaired) electrons. The third-order valence-electron chi connectivity index (χ3n) is 5.48. The van der Waals surface area contributed by atoms with Crippen LogP contribution in [0.3, 0.4) is 0 Å². The summed E-state index contributed by atoms with van der Waals surface area (Å²) in [5.41, 5.74) is 1.38. The van der Waals surface area contributed by atoms with Crippen molar-refractivity contribution in [3.63, 3.8) is 0 Å². The van der Waals surface area contributed by atoms with E-state index in [4.69, 9.17) is 9.47 Å². The molecule has 3 aromatic rings. The SMILES string of the molecule is CCOc1ccc(CN2CCC[C@H]2c2cc3nc(C)cc(C(F)(F)F)n3n2)cc1OC. The molecule has 3 heterocycles. The van der Waals surface area contributed by atoms with Gasteiger partial charge in [0.2, 0.25) is 0 Å². The number of methoxy groups -OCH3 is 1. The molecule has 0 amide bonds. The van der Waals surface area contributed by atoms with Gasteiger partial charge in [0.25, 0.3) is 0 Å². The fourth-order valence-electron chi connectivity index (χ4n) is 4.15. The van der Waals surface area contributed by atoms with Gasteiger partial charge in [-0.05, 0) is 57.0 Å². The monoisotopic (exact) mass is 434 g/mol. The third-order valence-corrected chi connectivity index (χ3v) is 5.48. The molecule has 0 N–H and O–H groups in total. The van der Waals surface area contributed by atoms with E-state index in [-0.39, 0.29) is 11.7 Å². The lowest BCUT2D eigenvalue weighted by Gasteiger charge is -2.23. The Morgan fingerprint density at radius 1 is 1.16 bits per heavy atom. The quantitative estimate of drug-likeness (QED) is 0.558. The van der Waals surface area contributed by atoms with Gasteiger partial charge in [0.05, 0.1) is 25.5 Å². The number of aryl methyl sites for hydroxylation is 1. The molecule has 0 bridgehead atoms. The summed E-state index contributed by atoms with van der Waals surface area (Å²) in [5.74, 6) is 1.35. The fourth-order valence-corrected chi connectivity index (χ4v) is 4.15. The van der Waals surface area contributed by atoms with Gasteiger partial charge in [-0.1, -0.05) is 6.07 Å². The van der Waals surface area contributed by atoms with E-state index in [2.05, 4.69) is 15.0 Å². The maximum absolute atomic E-state index is 13.5. The van der Waals surface area contributed by atoms with Crippen LogP contribution in [-0.4, -0.2) is 39.8 Å². The first-order chi connectivity index (χ1) is 14.8. The van der Waals surface area contributed by atoms with Gasteiger partial charge in [0, 0.05) is 18.3 Å². The van der Waals surface area contributed by atoms with Crippen molar-refractivity contribution >= 4 is 5.65 Å². The van der Waals surface area contributed by atoms with Gasteiger partial charge in [-0.15, -0.1) is 0 Å². The van der Waals surface area contributed by atoms with Crippen LogP contribution in [0.2, 0.25) is 0 Å². The molecule has 1 aliphatic heterocycles. The van der Waals surface area contributed by atoms with Gasteiger partial charge in [-0.25, -0.2) is 9.50 Å². The summed E-state index contributed by atoms with van der Waals surface area (Å²) in [6, 6.07) is 8.44. The van der Waals surface area contributed by atoms with Crippen LogP contribution in [0.15, 0.2) is 30.3 Å². The van der Waals surface area contributed by atoms with Crippen LogP contribution in [0.1, 0.15) is 48.5 Å². The topological polar surface area (TPSA) is 51.9 Å². The van der Waals surface area contributed by atoms with Crippen molar-refractivity contribution in [1.29, 1.82) is 0 Å². The zero-order valence-corrected chi connectivity index (χ0v) is 17.7. The van der Waals surface area contributed by atoms with Crippen LogP contribution in [0.5, 0.6) is 11.5 Å². The minimum absolute atomic E-state index is 0.0688. The molecule has 1 aliphatic rings. The average Bonchev–Trinajstić information content (AvgIpc) is 3.34. The second-order valence-corrected chi connectivity index (χ2v) is 7.67. The summed E-state index contributed by atoms with van der Waals surface area (Å²) >= 11 is 0. The molecule has 1 saturated heterocycles. The van der Waals surface area contributed by atoms with E-state index in [9.17, 15) is 13.2 Å². The van der Waals surface area contributed by atoms with E-state index in [0.29, 0.717) is 36.0 Å². The van der Waals surface area contributed by atoms with Crippen LogP contribution in [0.25, 0.3) is 5.65 Å². The van der Waals surface area contributed by atoms with Crippen molar-refractivity contribution in [1.82, 2.24) is 19.5 Å². The van der Waals surface area contributed by atoms with E-state index in [1.54, 1.807) is 20.1 Å². The van der Waals surface area contributed by atoms with Crippen LogP contribution in [0.4, 0.5) is 13.2 Å². The molecule has 31 heavy (non-hydrogen) atoms. The van der Waals surface area contributed by atoms with Gasteiger partial charge in [0.1, 0.15) is 5.69 Å². The van der Waals surface area contributed by atoms with Crippen molar-refractivity contribution in [3.05, 3.63) is 53.0 Å². The van der Waals surface area contributed by atoms with Gasteiger partial charge in [0.15, 0.2) is 17.1 Å². The number of nitrogens with zero attached hydrogens (tertiary/aromatic N) is 4. The van der Waals surface area contributed by atoms with Crippen LogP contribution < -0.4 is 9.47 Å². The molecule has 166 valence electrons. The van der Waals surface area contributed by atoms with Crippen molar-refractivity contribution in [3.8, 4) is 11.5 Å². The van der Waals surface area contributed by atoms with Crippen molar-refractivity contribution in [2.45, 2.75) is 45.5 Å². The van der Waals surface area contributed by atoms with Crippen molar-refractivity contribution < 1.29 is 22.6 Å². The minimum atomic E-state index is -4.50. The van der Waals surface area contributed by atoms with Crippen LogP contribution in [0, 0.1) is 6.92 Å². The van der Waals surface area contributed by atoms with E-state index >= 15 is 0 Å². The van der Waals surface area contributed by atoms with Crippen molar-refractivity contribution in [2.24, 2.45) is 0 Å². The molecule has 1 atom stereocenters. The molecule has 4 rings (SSSR count). The Bertz CT molecular complexity index is 1080. The maximum atomic E-state index is 13.5. The molecular formula is C22H25F3N4O2. The van der Waals surface area contributed by atoms with Crippen LogP contribution in [-0.2, 0) is 12.7 Å². The molecule has 0 saturated carbocycles. The van der Waals surface area contributed by atoms with Crippen LogP contribution >= 0.6 is 0 Å². The van der Waals surface area contributed by atoms with Gasteiger partial charge in [-0.2, -0.15) is 18.3 Å². The Hall–Kier alpha value is -2.81. The molecular weight excluding hydrogens is 409 g/mol. The molecule has 9 heteroatoms. The Morgan fingerprint density at radius 3 is 2.68 bits per heavy atom. The zero-order chi connectivity index (χ0) is 22.2. The Kier molecular flexibility index (Phi) is 5.79. The maximum Gasteiger partial charge on any atom is 0.433 e. The van der Waals surface area contributed by atoms with Crippen molar-refractivity contribution in [2.75, 3.05) is 20.3 Å². The summed E-state index contributed by atoms with van der Waals surface area (Å²) in [4.78, 5) is 6.49. The fraction of sp³-hybridized carbons (Fsp3) is 0.455. The summed E-state index contributed by atoms with van der Waals surface area (Å²) < 4.78 is 52.4. The van der Waals surface area contributed by atoms with Gasteiger partial charge in [-0.3, -0.25) is 4.90 Å². The number of aromatic nitrogens is 3. The first kappa shape index (κ1) is 21.4. The lowest BCUT2D eigenvalue weighted by Crippen LogP contribution is -2.23. The summed E-state index contributed by atoms with van der Waals surface area (Å²) in [7, 11) is 1.60. The predicted molar refractivity (Wildman–Crippen MR) is 109 cm³/mol. The van der Waals surface area contributed by atoms with E-state index < -0.39 is 11.9 Å². The Morgan fingerprint density at radius 2 is 1.97 bits per heavy atom. The normalized spacial score (nSPS) is 17.4. The predicted octanol–water partition coefficient (Wildman–Crippen LogP) is 4.80. The third kappa shape index (κ3) is 4.32. The van der Waals surface area contributed by atoms with E-state index in [0.717, 1.165) is 35.5 Å². The second kappa shape index (κ2) is 8.37. The summed E-state index contributed by atoms with van der Waals surface area (Å²) in [6.45, 7) is 5.50. The Balaban J connectivity index is 1.62. The number of halogens is 3. The highest BCUT2D eigenvalue weighted by Gasteiger charge is 2.36. The first-order valence-electron chi connectivity index (χ1n) is 10.3. The highest BCUT2D eigenvalue weighted by molar-refractivity contribution is 5.44. The molecule has 1 aromatic carbocycles. The standard InChI is InChI=1S/C22H25F3N4O2/c1-4-31-18-8-7-15(11-19(18)30-3)13-28-9-5-6-17(28)16-12-21-26-14(2)10-20(22(23,24)25)29(21)27-16/h7-8,10-12,17H,4-6,9,13H2,1-3H3/t17-/m0/s1. The number of fused-ring (bicyclic) bond motifs is 1. The largest absolute Gasteiger partial charge is 0.493 e. The molecule has 1 fully saturated rings. The zero-order valence-electron chi connectivity index (χ0n) is 17.7. The number of benzene rings is 1. The smallest absolute Gasteiger partial charge is 0.433 e. The number of rotatable bonds is 6. The number of alkyl halides is 3. The minimum Gasteiger partial charge on any atom is -0.493 e. The van der Waals surface area contributed by atoms with E-state index in [1.165, 1.54) is 0 Å². The lowest BCUT2D eigenvalue weighted by atomic mass is 10.1. The summed E-state index contributed by atoms with van der Waals surface area (Å²) in [5, 5.41) is 4.31. The second-order valence-electron chi connectivity index (χ2n) is 7.67. The first-order valence-corrected chi connectivity index (χ1v) is 10.3. The number of likely N-dealkylation sites (tertiary alicyclic amines) is 1. The van der Waals surface area contributed by atoms with E-state index in [1.807, 2.05) is 25.1 Å². The number of ether oxygens (including phenoxy) is 2. The molecule has 0 aliphatic carbocycles.